The molecule has 0 saturated carbocycles. The van der Waals surface area contributed by atoms with E-state index in [9.17, 15) is 26.3 Å². The smallest absolute Gasteiger partial charge is 0.393 e. The van der Waals surface area contributed by atoms with Crippen LogP contribution in [-0.2, 0) is 0 Å². The van der Waals surface area contributed by atoms with Gasteiger partial charge in [-0.2, -0.15) is 26.3 Å². The third-order valence-electron chi connectivity index (χ3n) is 3.17. The summed E-state index contributed by atoms with van der Waals surface area (Å²) in [6, 6.07) is 0. The zero-order valence-electron chi connectivity index (χ0n) is 11.9. The lowest BCUT2D eigenvalue weighted by Gasteiger charge is -2.33. The van der Waals surface area contributed by atoms with Gasteiger partial charge < -0.3 is 10.2 Å². The van der Waals surface area contributed by atoms with E-state index in [0.29, 0.717) is 32.6 Å². The van der Waals surface area contributed by atoms with E-state index in [2.05, 4.69) is 0 Å². The Morgan fingerprint density at radius 2 is 1.48 bits per heavy atom. The Hall–Kier alpha value is -0.760. The molecule has 0 spiro atoms. The molecule has 0 heterocycles. The molecule has 0 aromatic rings. The van der Waals surface area contributed by atoms with E-state index in [1.165, 1.54) is 0 Å². The molecule has 0 bridgehead atoms. The van der Waals surface area contributed by atoms with Crippen LogP contribution in [0.2, 0.25) is 0 Å². The first kappa shape index (κ1) is 20.2. The van der Waals surface area contributed by atoms with Crippen LogP contribution >= 0.6 is 0 Å². The highest BCUT2D eigenvalue weighted by Crippen LogP contribution is 2.47. The molecule has 21 heavy (non-hydrogen) atoms. The van der Waals surface area contributed by atoms with Gasteiger partial charge >= 0.3 is 12.4 Å². The number of halogens is 6. The predicted molar refractivity (Wildman–Crippen MR) is 65.6 cm³/mol. The summed E-state index contributed by atoms with van der Waals surface area (Å²) in [5.41, 5.74) is -5.97. The normalized spacial score (nSPS) is 16.2. The molecule has 0 aliphatic rings. The summed E-state index contributed by atoms with van der Waals surface area (Å²) in [7, 11) is 0. The van der Waals surface area contributed by atoms with Gasteiger partial charge in [0.1, 0.15) is 0 Å². The maximum atomic E-state index is 12.5. The number of hydrogen-bond acceptors (Lipinski definition) is 2. The zero-order chi connectivity index (χ0) is 16.9. The minimum atomic E-state index is -5.82. The van der Waals surface area contributed by atoms with Gasteiger partial charge in [-0.1, -0.05) is 18.9 Å². The first-order valence-electron chi connectivity index (χ1n) is 6.55. The van der Waals surface area contributed by atoms with Gasteiger partial charge in [0.15, 0.2) is 0 Å². The first-order valence-corrected chi connectivity index (χ1v) is 6.55. The Bertz CT molecular complexity index is 330. The molecule has 0 fully saturated rings. The summed E-state index contributed by atoms with van der Waals surface area (Å²) in [4.78, 5) is 0. The second-order valence-electron chi connectivity index (χ2n) is 5.08. The summed E-state index contributed by atoms with van der Waals surface area (Å²) in [6.07, 6.45) is -9.24. The van der Waals surface area contributed by atoms with Gasteiger partial charge in [-0.15, -0.1) is 0 Å². The van der Waals surface area contributed by atoms with Crippen molar-refractivity contribution in [2.24, 2.45) is 0 Å². The molecule has 0 rings (SSSR count). The molecule has 0 radical (unpaired) electrons. The van der Waals surface area contributed by atoms with E-state index < -0.39 is 29.6 Å². The summed E-state index contributed by atoms with van der Waals surface area (Å²) < 4.78 is 75.2. The largest absolute Gasteiger partial charge is 0.430 e. The van der Waals surface area contributed by atoms with E-state index in [0.717, 1.165) is 6.08 Å². The number of aliphatic hydroxyl groups excluding tert-OH is 1. The Labute approximate surface area is 119 Å². The van der Waals surface area contributed by atoms with Gasteiger partial charge in [-0.05, 0) is 38.7 Å². The molecule has 8 heteroatoms. The molecular weight excluding hydrogens is 302 g/mol. The van der Waals surface area contributed by atoms with Crippen molar-refractivity contribution < 1.29 is 36.6 Å². The van der Waals surface area contributed by atoms with E-state index >= 15 is 0 Å². The summed E-state index contributed by atoms with van der Waals surface area (Å²) in [5.74, 6) is 0. The Morgan fingerprint density at radius 1 is 1.00 bits per heavy atom. The van der Waals surface area contributed by atoms with Crippen LogP contribution in [0.15, 0.2) is 11.6 Å². The average molecular weight is 322 g/mol. The van der Waals surface area contributed by atoms with E-state index in [4.69, 9.17) is 10.2 Å². The van der Waals surface area contributed by atoms with Crippen molar-refractivity contribution in [2.75, 3.05) is 0 Å². The number of hydrogen-bond donors (Lipinski definition) is 2. The van der Waals surface area contributed by atoms with Crippen molar-refractivity contribution in [3.63, 3.8) is 0 Å². The third-order valence-corrected chi connectivity index (χ3v) is 3.17. The Morgan fingerprint density at radius 3 is 1.86 bits per heavy atom. The second-order valence-corrected chi connectivity index (χ2v) is 5.08. The van der Waals surface area contributed by atoms with Crippen molar-refractivity contribution in [1.29, 1.82) is 0 Å². The van der Waals surface area contributed by atoms with Crippen molar-refractivity contribution in [3.05, 3.63) is 11.6 Å². The number of rotatable bonds is 7. The highest BCUT2D eigenvalue weighted by Gasteiger charge is 2.71. The molecule has 0 aliphatic heterocycles. The fourth-order valence-electron chi connectivity index (χ4n) is 1.83. The van der Waals surface area contributed by atoms with Crippen LogP contribution in [0.4, 0.5) is 26.3 Å². The SMILES string of the molecule is CC(=CCCCCCC(C)O)C(O)(C(F)(F)F)C(F)(F)F. The van der Waals surface area contributed by atoms with Gasteiger partial charge in [0.2, 0.25) is 0 Å². The molecule has 0 saturated heterocycles. The quantitative estimate of drug-likeness (QED) is 0.420. The van der Waals surface area contributed by atoms with E-state index in [-0.39, 0.29) is 6.42 Å². The van der Waals surface area contributed by atoms with E-state index in [1.54, 1.807) is 6.92 Å². The molecule has 0 aromatic carbocycles. The minimum Gasteiger partial charge on any atom is -0.393 e. The van der Waals surface area contributed by atoms with Gasteiger partial charge in [0.25, 0.3) is 5.60 Å². The lowest BCUT2D eigenvalue weighted by atomic mass is 9.92. The van der Waals surface area contributed by atoms with Gasteiger partial charge in [-0.3, -0.25) is 0 Å². The Balaban J connectivity index is 4.70. The lowest BCUT2D eigenvalue weighted by Crippen LogP contribution is -2.57. The number of unbranched alkanes of at least 4 members (excludes halogenated alkanes) is 3. The molecule has 0 aromatic heterocycles. The molecule has 0 aliphatic carbocycles. The van der Waals surface area contributed by atoms with Gasteiger partial charge in [0.05, 0.1) is 6.10 Å². The summed E-state index contributed by atoms with van der Waals surface area (Å²) >= 11 is 0. The molecule has 1 unspecified atom stereocenters. The van der Waals surface area contributed by atoms with Crippen LogP contribution in [-0.4, -0.2) is 34.3 Å². The van der Waals surface area contributed by atoms with Crippen LogP contribution in [0.25, 0.3) is 0 Å². The highest BCUT2D eigenvalue weighted by molar-refractivity contribution is 5.21. The molecule has 0 amide bonds. The third kappa shape index (κ3) is 5.50. The van der Waals surface area contributed by atoms with Crippen molar-refractivity contribution >= 4 is 0 Å². The van der Waals surface area contributed by atoms with Crippen LogP contribution in [0.5, 0.6) is 0 Å². The van der Waals surface area contributed by atoms with Crippen LogP contribution in [0.3, 0.4) is 0 Å². The van der Waals surface area contributed by atoms with Gasteiger partial charge in [0, 0.05) is 0 Å². The molecule has 2 N–H and O–H groups in total. The van der Waals surface area contributed by atoms with Crippen molar-refractivity contribution in [2.45, 2.75) is 70.0 Å². The van der Waals surface area contributed by atoms with Crippen LogP contribution < -0.4 is 0 Å². The number of aliphatic hydroxyl groups is 2. The number of alkyl halides is 6. The summed E-state index contributed by atoms with van der Waals surface area (Å²) in [5, 5.41) is 18.1. The average Bonchev–Trinajstić information content (AvgIpc) is 2.28. The Kier molecular flexibility index (Phi) is 7.22. The van der Waals surface area contributed by atoms with Gasteiger partial charge in [-0.25, -0.2) is 0 Å². The lowest BCUT2D eigenvalue weighted by molar-refractivity contribution is -0.352. The van der Waals surface area contributed by atoms with E-state index in [1.807, 2.05) is 0 Å². The van der Waals surface area contributed by atoms with Crippen molar-refractivity contribution in [3.8, 4) is 0 Å². The minimum absolute atomic E-state index is 0.000112. The standard InChI is InChI=1S/C13H20F6O2/c1-9(7-5-3-4-6-8-10(2)20)11(21,12(14,15)16)13(17,18)19/h7,10,20-21H,3-6,8H2,1-2H3. The zero-order valence-corrected chi connectivity index (χ0v) is 11.9. The molecule has 1 atom stereocenters. The van der Waals surface area contributed by atoms with Crippen LogP contribution in [0.1, 0.15) is 46.0 Å². The fourth-order valence-corrected chi connectivity index (χ4v) is 1.83. The van der Waals surface area contributed by atoms with Crippen LogP contribution in [0, 0.1) is 0 Å². The van der Waals surface area contributed by atoms with Crippen molar-refractivity contribution in [1.82, 2.24) is 0 Å². The predicted octanol–water partition coefficient (Wildman–Crippen LogP) is 4.12. The maximum Gasteiger partial charge on any atom is 0.430 e. The topological polar surface area (TPSA) is 40.5 Å². The number of allylic oxidation sites excluding steroid dienone is 1. The molecular formula is C13H20F6O2. The highest BCUT2D eigenvalue weighted by atomic mass is 19.4. The second kappa shape index (κ2) is 7.49. The molecule has 2 nitrogen and oxygen atoms in total. The monoisotopic (exact) mass is 322 g/mol. The summed E-state index contributed by atoms with van der Waals surface area (Å²) in [6.45, 7) is 2.22. The first-order chi connectivity index (χ1) is 9.34. The fraction of sp³-hybridized carbons (Fsp3) is 0.846. The molecule has 126 valence electrons. The maximum absolute atomic E-state index is 12.5.